The quantitative estimate of drug-likeness (QED) is 0.610. The average Bonchev–Trinajstić information content (AvgIpc) is 3.49. The van der Waals surface area contributed by atoms with Crippen LogP contribution in [0, 0.1) is 0 Å². The van der Waals surface area contributed by atoms with Gasteiger partial charge in [0.05, 0.1) is 6.20 Å². The van der Waals surface area contributed by atoms with E-state index < -0.39 is 0 Å². The van der Waals surface area contributed by atoms with Crippen molar-refractivity contribution in [3.8, 4) is 0 Å². The molecular formula is C25H28ClN3O. The number of aryl methyl sites for hydroxylation is 1. The summed E-state index contributed by atoms with van der Waals surface area (Å²) in [6.07, 6.45) is 10.6. The smallest absolute Gasteiger partial charge is 0.254 e. The number of carbonyl (C=O) groups is 1. The Morgan fingerprint density at radius 2 is 1.90 bits per heavy atom. The maximum atomic E-state index is 13.5. The molecule has 2 aliphatic carbocycles. The van der Waals surface area contributed by atoms with Crippen LogP contribution in [0.5, 0.6) is 0 Å². The molecular weight excluding hydrogens is 394 g/mol. The Morgan fingerprint density at radius 1 is 1.20 bits per heavy atom. The molecule has 0 bridgehead atoms. The molecule has 30 heavy (non-hydrogen) atoms. The highest BCUT2D eigenvalue weighted by molar-refractivity contribution is 6.37. The summed E-state index contributed by atoms with van der Waals surface area (Å²) in [5.41, 5.74) is 6.15. The van der Waals surface area contributed by atoms with Crippen LogP contribution in [-0.2, 0) is 12.8 Å². The summed E-state index contributed by atoms with van der Waals surface area (Å²) in [7, 11) is 0. The minimum absolute atomic E-state index is 0.129. The van der Waals surface area contributed by atoms with E-state index in [0.29, 0.717) is 11.1 Å². The number of nitrogens with one attached hydrogen (secondary N) is 1. The summed E-state index contributed by atoms with van der Waals surface area (Å²) < 4.78 is 0. The van der Waals surface area contributed by atoms with Gasteiger partial charge in [-0.1, -0.05) is 42.5 Å². The molecule has 1 aromatic carbocycles. The van der Waals surface area contributed by atoms with Gasteiger partial charge in [0.1, 0.15) is 0 Å². The van der Waals surface area contributed by atoms with Crippen LogP contribution in [0.1, 0.15) is 60.3 Å². The molecule has 0 saturated heterocycles. The Hall–Kier alpha value is -2.59. The highest BCUT2D eigenvalue weighted by Crippen LogP contribution is 2.35. The van der Waals surface area contributed by atoms with Gasteiger partial charge < -0.3 is 4.90 Å². The number of benzene rings is 1. The van der Waals surface area contributed by atoms with Crippen LogP contribution in [0.2, 0.25) is 0 Å². The lowest BCUT2D eigenvalue weighted by Crippen LogP contribution is -2.44. The number of H-pyrrole nitrogens is 1. The maximum Gasteiger partial charge on any atom is 0.254 e. The molecule has 1 aromatic heterocycles. The van der Waals surface area contributed by atoms with Gasteiger partial charge in [-0.15, -0.1) is 0 Å². The van der Waals surface area contributed by atoms with Crippen molar-refractivity contribution in [1.29, 1.82) is 0 Å². The van der Waals surface area contributed by atoms with E-state index >= 15 is 0 Å². The van der Waals surface area contributed by atoms with E-state index in [1.165, 1.54) is 11.3 Å². The number of hydrogen-bond donors (Lipinski definition) is 1. The second-order valence-electron chi connectivity index (χ2n) is 8.19. The molecule has 1 heterocycles. The fraction of sp³-hybridized carbons (Fsp3) is 0.360. The lowest BCUT2D eigenvalue weighted by atomic mass is 9.91. The summed E-state index contributed by atoms with van der Waals surface area (Å²) in [5, 5.41) is 7.95. The number of allylic oxidation sites excluding steroid dienone is 5. The van der Waals surface area contributed by atoms with Gasteiger partial charge in [0.2, 0.25) is 0 Å². The first kappa shape index (κ1) is 20.7. The van der Waals surface area contributed by atoms with E-state index in [4.69, 9.17) is 11.6 Å². The Bertz CT molecular complexity index is 1010. The summed E-state index contributed by atoms with van der Waals surface area (Å²) in [5.74, 6) is 0.129. The fourth-order valence-corrected chi connectivity index (χ4v) is 4.60. The number of fused-ring (bicyclic) bond motifs is 1. The average molecular weight is 422 g/mol. The third-order valence-corrected chi connectivity index (χ3v) is 6.58. The van der Waals surface area contributed by atoms with Crippen LogP contribution in [-0.4, -0.2) is 33.1 Å². The lowest BCUT2D eigenvalue weighted by Gasteiger charge is -2.34. The molecule has 1 unspecified atom stereocenters. The molecule has 2 aliphatic rings. The third kappa shape index (κ3) is 4.01. The molecule has 2 aromatic rings. The van der Waals surface area contributed by atoms with Gasteiger partial charge in [-0.05, 0) is 74.8 Å². The molecule has 5 heteroatoms. The monoisotopic (exact) mass is 421 g/mol. The second kappa shape index (κ2) is 8.65. The topological polar surface area (TPSA) is 49.0 Å². The van der Waals surface area contributed by atoms with Crippen molar-refractivity contribution < 1.29 is 4.79 Å². The number of hydrogen-bond acceptors (Lipinski definition) is 2. The zero-order valence-corrected chi connectivity index (χ0v) is 18.4. The van der Waals surface area contributed by atoms with Crippen molar-refractivity contribution in [2.24, 2.45) is 0 Å². The van der Waals surface area contributed by atoms with Crippen molar-refractivity contribution in [3.05, 3.63) is 82.2 Å². The zero-order valence-electron chi connectivity index (χ0n) is 17.6. The molecule has 156 valence electrons. The van der Waals surface area contributed by atoms with Crippen LogP contribution < -0.4 is 0 Å². The summed E-state index contributed by atoms with van der Waals surface area (Å²) in [4.78, 5) is 15.6. The van der Waals surface area contributed by atoms with Crippen molar-refractivity contribution in [1.82, 2.24) is 15.1 Å². The Balaban J connectivity index is 1.59. The summed E-state index contributed by atoms with van der Waals surface area (Å²) in [6, 6.07) is 8.44. The SMILES string of the molecule is C=C/C(C)=C(\C(Cl)=C/C)c1ccc(C(=O)N(C2CC2)C2CCc3[nH]ncc3C2)cc1. The largest absolute Gasteiger partial charge is 0.332 e. The molecule has 4 nitrogen and oxygen atoms in total. The van der Waals surface area contributed by atoms with E-state index in [-0.39, 0.29) is 11.9 Å². The highest BCUT2D eigenvalue weighted by atomic mass is 35.5. The van der Waals surface area contributed by atoms with Gasteiger partial charge in [-0.25, -0.2) is 0 Å². The summed E-state index contributed by atoms with van der Waals surface area (Å²) >= 11 is 6.45. The van der Waals surface area contributed by atoms with Crippen LogP contribution in [0.25, 0.3) is 5.57 Å². The van der Waals surface area contributed by atoms with E-state index in [1.54, 1.807) is 0 Å². The summed E-state index contributed by atoms with van der Waals surface area (Å²) in [6.45, 7) is 7.78. The number of carbonyl (C=O) groups excluding carboxylic acids is 1. The van der Waals surface area contributed by atoms with Crippen molar-refractivity contribution in [3.63, 3.8) is 0 Å². The van der Waals surface area contributed by atoms with Crippen LogP contribution in [0.3, 0.4) is 0 Å². The van der Waals surface area contributed by atoms with E-state index in [1.807, 2.05) is 56.5 Å². The zero-order chi connectivity index (χ0) is 21.3. The number of halogens is 1. The lowest BCUT2D eigenvalue weighted by molar-refractivity contribution is 0.0643. The van der Waals surface area contributed by atoms with Crippen LogP contribution in [0.4, 0.5) is 0 Å². The van der Waals surface area contributed by atoms with Crippen LogP contribution in [0.15, 0.2) is 59.8 Å². The molecule has 1 atom stereocenters. The predicted octanol–water partition coefficient (Wildman–Crippen LogP) is 5.67. The Labute approximate surface area is 183 Å². The predicted molar refractivity (Wildman–Crippen MR) is 122 cm³/mol. The minimum atomic E-state index is 0.129. The fourth-order valence-electron chi connectivity index (χ4n) is 4.35. The first-order valence-corrected chi connectivity index (χ1v) is 11.0. The maximum absolute atomic E-state index is 13.5. The van der Waals surface area contributed by atoms with E-state index in [0.717, 1.165) is 54.4 Å². The highest BCUT2D eigenvalue weighted by Gasteiger charge is 2.39. The van der Waals surface area contributed by atoms with Crippen molar-refractivity contribution >= 4 is 23.1 Å². The molecule has 1 saturated carbocycles. The molecule has 0 radical (unpaired) electrons. The normalized spacial score (nSPS) is 19.7. The molecule has 1 fully saturated rings. The number of aromatic nitrogens is 2. The molecule has 0 aliphatic heterocycles. The number of amides is 1. The second-order valence-corrected chi connectivity index (χ2v) is 8.60. The number of aromatic amines is 1. The standard InChI is InChI=1S/C25H28ClN3O/c1-4-16(3)24(22(26)5-2)17-6-8-18(9-7-17)25(30)29(20-10-11-20)21-12-13-23-19(14-21)15-27-28-23/h4-9,15,20-21H,1,10-14H2,2-3H3,(H,27,28)/b22-5+,24-16-. The van der Waals surface area contributed by atoms with Crippen molar-refractivity contribution in [2.45, 2.75) is 58.0 Å². The van der Waals surface area contributed by atoms with E-state index in [9.17, 15) is 4.79 Å². The molecule has 0 spiro atoms. The first-order valence-electron chi connectivity index (χ1n) is 10.6. The third-order valence-electron chi connectivity index (χ3n) is 6.17. The van der Waals surface area contributed by atoms with Crippen LogP contribution >= 0.6 is 11.6 Å². The van der Waals surface area contributed by atoms with E-state index in [2.05, 4.69) is 21.7 Å². The van der Waals surface area contributed by atoms with Gasteiger partial charge in [-0.2, -0.15) is 5.10 Å². The minimum Gasteiger partial charge on any atom is -0.332 e. The number of rotatable bonds is 6. The van der Waals surface area contributed by atoms with Gasteiger partial charge in [0.25, 0.3) is 5.91 Å². The van der Waals surface area contributed by atoms with Gasteiger partial charge >= 0.3 is 0 Å². The molecule has 1 N–H and O–H groups in total. The first-order chi connectivity index (χ1) is 14.5. The van der Waals surface area contributed by atoms with Crippen molar-refractivity contribution in [2.75, 3.05) is 0 Å². The molecule has 4 rings (SSSR count). The molecule has 1 amide bonds. The van der Waals surface area contributed by atoms with Gasteiger partial charge in [-0.3, -0.25) is 9.89 Å². The number of nitrogens with zero attached hydrogens (tertiary/aromatic N) is 2. The van der Waals surface area contributed by atoms with Gasteiger partial charge in [0, 0.05) is 33.9 Å². The Morgan fingerprint density at radius 3 is 2.53 bits per heavy atom. The Kier molecular flexibility index (Phi) is 5.96. The van der Waals surface area contributed by atoms with Gasteiger partial charge in [0.15, 0.2) is 0 Å².